The fraction of sp³-hybridized carbons (Fsp3) is 0.958. The Morgan fingerprint density at radius 2 is 1.14 bits per heavy atom. The predicted molar refractivity (Wildman–Crippen MR) is 234 cm³/mol. The number of fused-ring (bicyclic) bond motifs is 5. The molecule has 0 aromatic rings. The van der Waals surface area contributed by atoms with Crippen LogP contribution in [0.1, 0.15) is 113 Å². The van der Waals surface area contributed by atoms with Gasteiger partial charge in [-0.2, -0.15) is 0 Å². The lowest BCUT2D eigenvalue weighted by Crippen LogP contribution is -2.68. The van der Waals surface area contributed by atoms with Crippen molar-refractivity contribution in [2.45, 2.75) is 223 Å². The summed E-state index contributed by atoms with van der Waals surface area (Å²) in [6, 6.07) is 0. The van der Waals surface area contributed by atoms with Gasteiger partial charge in [0.05, 0.1) is 37.6 Å². The maximum Gasteiger partial charge on any atom is 0.187 e. The van der Waals surface area contributed by atoms with Gasteiger partial charge in [0.25, 0.3) is 0 Å². The molecule has 7 fully saturated rings. The third kappa shape index (κ3) is 8.79. The van der Waals surface area contributed by atoms with Gasteiger partial charge in [-0.1, -0.05) is 46.3 Å². The van der Waals surface area contributed by atoms with Crippen LogP contribution < -0.4 is 0 Å². The van der Waals surface area contributed by atoms with Crippen molar-refractivity contribution in [3.05, 3.63) is 11.6 Å². The van der Waals surface area contributed by atoms with Crippen LogP contribution in [0.3, 0.4) is 0 Å². The first-order valence-electron chi connectivity index (χ1n) is 24.4. The van der Waals surface area contributed by atoms with Crippen molar-refractivity contribution in [3.8, 4) is 0 Å². The van der Waals surface area contributed by atoms with Gasteiger partial charge in [0.15, 0.2) is 18.9 Å². The van der Waals surface area contributed by atoms with E-state index >= 15 is 0 Å². The summed E-state index contributed by atoms with van der Waals surface area (Å²) in [6.45, 7) is 15.5. The molecule has 3 saturated heterocycles. The van der Waals surface area contributed by atoms with Crippen LogP contribution in [0.25, 0.3) is 0 Å². The Hall–Kier alpha value is -0.980. The molecule has 18 heteroatoms. The topological polar surface area (TPSA) is 298 Å². The number of hydrogen-bond donors (Lipinski definition) is 12. The zero-order valence-corrected chi connectivity index (χ0v) is 40.0. The van der Waals surface area contributed by atoms with Crippen LogP contribution >= 0.6 is 0 Å². The smallest absolute Gasteiger partial charge is 0.187 e. The molecule has 7 aliphatic rings. The summed E-state index contributed by atoms with van der Waals surface area (Å²) in [7, 11) is 0. The van der Waals surface area contributed by atoms with Crippen molar-refractivity contribution in [2.24, 2.45) is 45.3 Å². The summed E-state index contributed by atoms with van der Waals surface area (Å²) in [5, 5.41) is 129. The Morgan fingerprint density at radius 3 is 1.71 bits per heavy atom. The molecule has 0 amide bonds. The fourth-order valence-electron chi connectivity index (χ4n) is 14.9. The second-order valence-electron chi connectivity index (χ2n) is 22.9. The molecule has 25 atom stereocenters. The van der Waals surface area contributed by atoms with Crippen LogP contribution in [0.2, 0.25) is 0 Å². The van der Waals surface area contributed by atoms with Crippen molar-refractivity contribution in [2.75, 3.05) is 19.8 Å². The van der Waals surface area contributed by atoms with Crippen LogP contribution in [0, 0.1) is 45.3 Å². The molecule has 0 aromatic heterocycles. The molecule has 382 valence electrons. The average Bonchev–Trinajstić information content (AvgIpc) is 3.65. The van der Waals surface area contributed by atoms with Gasteiger partial charge in [0, 0.05) is 0 Å². The van der Waals surface area contributed by atoms with Crippen LogP contribution in [0.5, 0.6) is 0 Å². The summed E-state index contributed by atoms with van der Waals surface area (Å²) in [4.78, 5) is 0. The molecule has 4 saturated carbocycles. The third-order valence-corrected chi connectivity index (χ3v) is 18.8. The lowest BCUT2D eigenvalue weighted by atomic mass is 9.35. The van der Waals surface area contributed by atoms with Crippen LogP contribution in [0.15, 0.2) is 11.6 Å². The quantitative estimate of drug-likeness (QED) is 0.0853. The summed E-state index contributed by atoms with van der Waals surface area (Å²) in [5.74, 6) is -0.151. The molecule has 0 unspecified atom stereocenters. The van der Waals surface area contributed by atoms with E-state index in [0.717, 1.165) is 37.7 Å². The Morgan fingerprint density at radius 1 is 0.606 bits per heavy atom. The van der Waals surface area contributed by atoms with Gasteiger partial charge in [0.2, 0.25) is 0 Å². The summed E-state index contributed by atoms with van der Waals surface area (Å²) in [5.41, 5.74) is -1.12. The Bertz CT molecular complexity index is 1680. The molecule has 3 aliphatic heterocycles. The number of aliphatic hydroxyl groups is 12. The van der Waals surface area contributed by atoms with E-state index in [-0.39, 0.29) is 39.9 Å². The highest BCUT2D eigenvalue weighted by Gasteiger charge is 2.72. The second-order valence-corrected chi connectivity index (χ2v) is 22.9. The summed E-state index contributed by atoms with van der Waals surface area (Å²) >= 11 is 0. The molecule has 0 aromatic carbocycles. The lowest BCUT2D eigenvalue weighted by molar-refractivity contribution is -0.378. The van der Waals surface area contributed by atoms with E-state index in [4.69, 9.17) is 28.4 Å². The normalized spacial score (nSPS) is 52.4. The van der Waals surface area contributed by atoms with Crippen molar-refractivity contribution in [1.82, 2.24) is 0 Å². The SMILES string of the molecule is CC(C)=CCC[C@@](C)(O[C@H]1O[C@@H](CO)[C@H](O)[C@@H](O)[C@@H]1O)[C@@H]1CC[C@@]2(C)[C@H]1[C@@H](O)C[C@H]1[C@]3(C)CC[C@@H](O[C@H]4O[C@@H](CO)[C@H](O)[C@@H](O)[C@@H]4O[C@H]4O[C@@H](CO)[C@H](O)[C@@H](O)[C@@H]4O)C(C)(C)[C@H]3CC[C@@]12C. The predicted octanol–water partition coefficient (Wildman–Crippen LogP) is -0.0268. The van der Waals surface area contributed by atoms with Crippen LogP contribution in [0.4, 0.5) is 0 Å². The van der Waals surface area contributed by atoms with Crippen molar-refractivity contribution in [1.29, 1.82) is 0 Å². The van der Waals surface area contributed by atoms with Gasteiger partial charge in [-0.25, -0.2) is 0 Å². The molecule has 3 heterocycles. The maximum atomic E-state index is 12.7. The van der Waals surface area contributed by atoms with Crippen molar-refractivity contribution in [3.63, 3.8) is 0 Å². The lowest BCUT2D eigenvalue weighted by Gasteiger charge is -2.71. The molecule has 4 aliphatic carbocycles. The van der Waals surface area contributed by atoms with Gasteiger partial charge in [-0.3, -0.25) is 0 Å². The van der Waals surface area contributed by atoms with Crippen LogP contribution in [-0.4, -0.2) is 191 Å². The highest BCUT2D eigenvalue weighted by molar-refractivity contribution is 5.20. The first-order valence-corrected chi connectivity index (χ1v) is 24.4. The summed E-state index contributed by atoms with van der Waals surface area (Å²) < 4.78 is 37.2. The molecular formula is C48H82O18. The first kappa shape index (κ1) is 52.8. The van der Waals surface area contributed by atoms with E-state index in [2.05, 4.69) is 40.7 Å². The number of allylic oxidation sites excluding steroid dienone is 2. The standard InChI is InChI=1S/C48H82O18/c1-22(2)10-9-14-48(8,66-42-39(60)36(57)33(54)26(20-50)62-42)23-11-16-47(7)31(23)24(52)18-29-45(5)15-13-30(44(3,4)28(45)12-17-46(29,47)6)64-43-40(37(58)34(55)27(21-51)63-43)65-41-38(59)35(56)32(53)25(19-49)61-41/h10,23-43,49-60H,9,11-21H2,1-8H3/t23-,24+,25+,26+,27+,28-,29+,30-,31-,32+,33+,34+,35-,36-,37-,38+,39+,40+,41-,42-,43-,45-,46+,47+,48-/m1/s1. The highest BCUT2D eigenvalue weighted by atomic mass is 16.8. The largest absolute Gasteiger partial charge is 0.394 e. The zero-order chi connectivity index (χ0) is 48.6. The van der Waals surface area contributed by atoms with E-state index in [1.54, 1.807) is 0 Å². The fourth-order valence-corrected chi connectivity index (χ4v) is 14.9. The van der Waals surface area contributed by atoms with E-state index in [1.807, 2.05) is 20.8 Å². The molecule has 0 bridgehead atoms. The van der Waals surface area contributed by atoms with Crippen LogP contribution in [-0.2, 0) is 28.4 Å². The van der Waals surface area contributed by atoms with Gasteiger partial charge < -0.3 is 89.7 Å². The maximum absolute atomic E-state index is 12.7. The number of rotatable bonds is 13. The average molecular weight is 947 g/mol. The van der Waals surface area contributed by atoms with E-state index in [1.165, 1.54) is 0 Å². The molecular weight excluding hydrogens is 865 g/mol. The number of aliphatic hydroxyl groups excluding tert-OH is 12. The highest BCUT2D eigenvalue weighted by Crippen LogP contribution is 2.76. The second kappa shape index (κ2) is 19.6. The van der Waals surface area contributed by atoms with E-state index in [0.29, 0.717) is 25.7 Å². The molecule has 0 radical (unpaired) electrons. The monoisotopic (exact) mass is 947 g/mol. The Labute approximate surface area is 388 Å². The summed E-state index contributed by atoms with van der Waals surface area (Å²) in [6.07, 6.45) is -15.4. The third-order valence-electron chi connectivity index (χ3n) is 18.8. The van der Waals surface area contributed by atoms with E-state index < -0.39 is 135 Å². The van der Waals surface area contributed by atoms with Gasteiger partial charge in [-0.15, -0.1) is 0 Å². The van der Waals surface area contributed by atoms with E-state index in [9.17, 15) is 61.3 Å². The number of ether oxygens (including phenoxy) is 6. The van der Waals surface area contributed by atoms with Gasteiger partial charge in [0.1, 0.15) is 73.2 Å². The minimum Gasteiger partial charge on any atom is -0.394 e. The minimum atomic E-state index is -1.79. The zero-order valence-electron chi connectivity index (χ0n) is 40.0. The Kier molecular flexibility index (Phi) is 15.7. The van der Waals surface area contributed by atoms with Gasteiger partial charge in [-0.05, 0) is 124 Å². The number of hydrogen-bond acceptors (Lipinski definition) is 18. The minimum absolute atomic E-state index is 0.0905. The Balaban J connectivity index is 1.13. The molecule has 7 rings (SSSR count). The molecule has 0 spiro atoms. The van der Waals surface area contributed by atoms with Gasteiger partial charge >= 0.3 is 0 Å². The van der Waals surface area contributed by atoms with Crippen molar-refractivity contribution >= 4 is 0 Å². The molecule has 12 N–H and O–H groups in total. The molecule has 66 heavy (non-hydrogen) atoms. The molecule has 18 nitrogen and oxygen atoms in total. The van der Waals surface area contributed by atoms with Crippen molar-refractivity contribution < 1.29 is 89.7 Å². The first-order chi connectivity index (χ1) is 30.8.